The Morgan fingerprint density at radius 2 is 1.97 bits per heavy atom. The molecule has 0 bridgehead atoms. The van der Waals surface area contributed by atoms with E-state index in [0.717, 1.165) is 29.7 Å². The fourth-order valence-electron chi connectivity index (χ4n) is 3.37. The van der Waals surface area contributed by atoms with Crippen molar-refractivity contribution >= 4 is 45.2 Å². The normalized spacial score (nSPS) is 11.0. The van der Waals surface area contributed by atoms with Crippen molar-refractivity contribution in [3.8, 4) is 0 Å². The second-order valence-electron chi connectivity index (χ2n) is 7.54. The number of thiophene rings is 1. The summed E-state index contributed by atoms with van der Waals surface area (Å²) < 4.78 is 6.77. The number of unbranched alkanes of at least 4 members (excludes halogenated alkanes) is 1. The number of benzene rings is 1. The number of esters is 1. The third kappa shape index (κ3) is 6.23. The van der Waals surface area contributed by atoms with Crippen LogP contribution in [0.25, 0.3) is 10.2 Å². The van der Waals surface area contributed by atoms with Crippen molar-refractivity contribution in [2.75, 3.05) is 18.9 Å². The lowest BCUT2D eigenvalue weighted by atomic mass is 10.1. The van der Waals surface area contributed by atoms with Gasteiger partial charge in [0.15, 0.2) is 5.16 Å². The number of hydrogen-bond donors (Lipinski definition) is 1. The fourth-order valence-corrected chi connectivity index (χ4v) is 5.34. The van der Waals surface area contributed by atoms with E-state index in [2.05, 4.69) is 12.2 Å². The van der Waals surface area contributed by atoms with E-state index in [1.165, 1.54) is 11.8 Å². The minimum atomic E-state index is -0.447. The summed E-state index contributed by atoms with van der Waals surface area (Å²) in [6.07, 6.45) is 2.58. The van der Waals surface area contributed by atoms with Gasteiger partial charge in [0.2, 0.25) is 5.91 Å². The molecule has 1 N–H and O–H groups in total. The molecule has 1 aromatic carbocycles. The van der Waals surface area contributed by atoms with Crippen LogP contribution in [0.3, 0.4) is 0 Å². The van der Waals surface area contributed by atoms with Gasteiger partial charge in [-0.05, 0) is 37.8 Å². The lowest BCUT2D eigenvalue weighted by Crippen LogP contribution is -2.28. The molecule has 0 aliphatic carbocycles. The Morgan fingerprint density at radius 1 is 1.21 bits per heavy atom. The smallest absolute Gasteiger partial charge is 0.348 e. The summed E-state index contributed by atoms with van der Waals surface area (Å²) in [5.74, 6) is -0.369. The van der Waals surface area contributed by atoms with Crippen LogP contribution in [-0.4, -0.2) is 40.3 Å². The van der Waals surface area contributed by atoms with E-state index in [1.54, 1.807) is 18.4 Å². The van der Waals surface area contributed by atoms with Gasteiger partial charge in [-0.15, -0.1) is 11.3 Å². The van der Waals surface area contributed by atoms with Crippen molar-refractivity contribution < 1.29 is 14.3 Å². The summed E-state index contributed by atoms with van der Waals surface area (Å²) >= 11 is 2.40. The van der Waals surface area contributed by atoms with Gasteiger partial charge in [-0.2, -0.15) is 0 Å². The van der Waals surface area contributed by atoms with Crippen molar-refractivity contribution in [1.29, 1.82) is 0 Å². The lowest BCUT2D eigenvalue weighted by Gasteiger charge is -2.12. The number of aryl methyl sites for hydroxylation is 2. The first-order chi connectivity index (χ1) is 16.0. The van der Waals surface area contributed by atoms with E-state index in [4.69, 9.17) is 9.72 Å². The highest BCUT2D eigenvalue weighted by molar-refractivity contribution is 7.99. The molecular weight excluding hydrogens is 458 g/mol. The van der Waals surface area contributed by atoms with Crippen LogP contribution in [0.4, 0.5) is 0 Å². The summed E-state index contributed by atoms with van der Waals surface area (Å²) in [5, 5.41) is 3.81. The predicted molar refractivity (Wildman–Crippen MR) is 133 cm³/mol. The molecule has 176 valence electrons. The first kappa shape index (κ1) is 25.0. The Morgan fingerprint density at radius 3 is 2.67 bits per heavy atom. The van der Waals surface area contributed by atoms with Crippen molar-refractivity contribution in [2.24, 2.45) is 0 Å². The van der Waals surface area contributed by atoms with E-state index in [0.29, 0.717) is 45.3 Å². The number of fused-ring (bicyclic) bond motifs is 1. The number of nitrogens with one attached hydrogen (secondary N) is 1. The van der Waals surface area contributed by atoms with E-state index >= 15 is 0 Å². The SMILES string of the molecule is CCCCNC(=O)CSc1nc2sc(C(=O)OCC)c(C)c2c(=O)n1CCc1ccccc1. The summed E-state index contributed by atoms with van der Waals surface area (Å²) in [6, 6.07) is 9.90. The number of hydrogen-bond acceptors (Lipinski definition) is 7. The van der Waals surface area contributed by atoms with Crippen LogP contribution in [0.15, 0.2) is 40.3 Å². The molecule has 3 rings (SSSR count). The van der Waals surface area contributed by atoms with Gasteiger partial charge in [-0.1, -0.05) is 55.4 Å². The van der Waals surface area contributed by atoms with Gasteiger partial charge in [0, 0.05) is 13.1 Å². The third-order valence-corrected chi connectivity index (χ3v) is 7.27. The summed E-state index contributed by atoms with van der Waals surface area (Å²) in [4.78, 5) is 43.7. The molecule has 0 saturated heterocycles. The second kappa shape index (κ2) is 12.0. The monoisotopic (exact) mass is 487 g/mol. The average Bonchev–Trinajstić information content (AvgIpc) is 3.14. The van der Waals surface area contributed by atoms with Crippen molar-refractivity contribution in [3.05, 3.63) is 56.7 Å². The lowest BCUT2D eigenvalue weighted by molar-refractivity contribution is -0.118. The van der Waals surface area contributed by atoms with E-state index in [1.807, 2.05) is 30.3 Å². The van der Waals surface area contributed by atoms with Crippen LogP contribution < -0.4 is 10.9 Å². The molecule has 0 saturated carbocycles. The molecule has 1 amide bonds. The number of carbonyl (C=O) groups excluding carboxylic acids is 2. The zero-order chi connectivity index (χ0) is 23.8. The molecule has 3 aromatic rings. The highest BCUT2D eigenvalue weighted by Gasteiger charge is 2.22. The number of aromatic nitrogens is 2. The molecule has 0 aliphatic rings. The zero-order valence-corrected chi connectivity index (χ0v) is 20.8. The maximum atomic E-state index is 13.5. The molecule has 33 heavy (non-hydrogen) atoms. The number of nitrogens with zero attached hydrogens (tertiary/aromatic N) is 2. The van der Waals surface area contributed by atoms with Crippen LogP contribution in [0.5, 0.6) is 0 Å². The third-order valence-electron chi connectivity index (χ3n) is 5.13. The molecule has 0 radical (unpaired) electrons. The van der Waals surface area contributed by atoms with Gasteiger partial charge in [0.1, 0.15) is 9.71 Å². The number of thioether (sulfide) groups is 1. The molecular formula is C24H29N3O4S2. The van der Waals surface area contributed by atoms with E-state index in [9.17, 15) is 14.4 Å². The second-order valence-corrected chi connectivity index (χ2v) is 9.48. The highest BCUT2D eigenvalue weighted by Crippen LogP contribution is 2.30. The van der Waals surface area contributed by atoms with Crippen LogP contribution in [-0.2, 0) is 22.5 Å². The minimum Gasteiger partial charge on any atom is -0.462 e. The van der Waals surface area contributed by atoms with Crippen molar-refractivity contribution in [2.45, 2.75) is 51.7 Å². The summed E-state index contributed by atoms with van der Waals surface area (Å²) in [6.45, 7) is 6.89. The molecule has 0 aliphatic heterocycles. The molecule has 7 nitrogen and oxygen atoms in total. The van der Waals surface area contributed by atoms with Crippen LogP contribution in [0.1, 0.15) is 47.5 Å². The first-order valence-electron chi connectivity index (χ1n) is 11.1. The Balaban J connectivity index is 1.95. The molecule has 0 unspecified atom stereocenters. The molecule has 9 heteroatoms. The van der Waals surface area contributed by atoms with Crippen molar-refractivity contribution in [3.63, 3.8) is 0 Å². The van der Waals surface area contributed by atoms with Gasteiger partial charge in [0.05, 0.1) is 17.7 Å². The molecule has 0 atom stereocenters. The first-order valence-corrected chi connectivity index (χ1v) is 12.9. The number of carbonyl (C=O) groups is 2. The number of rotatable bonds is 11. The van der Waals surface area contributed by atoms with Gasteiger partial charge in [-0.3, -0.25) is 14.2 Å². The molecule has 0 fully saturated rings. The van der Waals surface area contributed by atoms with Crippen molar-refractivity contribution in [1.82, 2.24) is 14.9 Å². The molecule has 2 heterocycles. The zero-order valence-electron chi connectivity index (χ0n) is 19.2. The Labute approximate surface area is 201 Å². The maximum absolute atomic E-state index is 13.5. The number of ether oxygens (including phenoxy) is 1. The quantitative estimate of drug-likeness (QED) is 0.189. The van der Waals surface area contributed by atoms with Crippen LogP contribution in [0, 0.1) is 6.92 Å². The van der Waals surface area contributed by atoms with Crippen LogP contribution >= 0.6 is 23.1 Å². The van der Waals surface area contributed by atoms with Gasteiger partial charge in [-0.25, -0.2) is 9.78 Å². The number of amides is 1. The maximum Gasteiger partial charge on any atom is 0.348 e. The van der Waals surface area contributed by atoms with E-state index < -0.39 is 5.97 Å². The molecule has 2 aromatic heterocycles. The van der Waals surface area contributed by atoms with Gasteiger partial charge in [0.25, 0.3) is 5.56 Å². The Bertz CT molecular complexity index is 1170. The minimum absolute atomic E-state index is 0.0908. The van der Waals surface area contributed by atoms with Gasteiger partial charge >= 0.3 is 5.97 Å². The summed E-state index contributed by atoms with van der Waals surface area (Å²) in [5.41, 5.74) is 1.49. The van der Waals surface area contributed by atoms with E-state index in [-0.39, 0.29) is 23.8 Å². The summed E-state index contributed by atoms with van der Waals surface area (Å²) in [7, 11) is 0. The van der Waals surface area contributed by atoms with Gasteiger partial charge < -0.3 is 10.1 Å². The fraction of sp³-hybridized carbons (Fsp3) is 0.417. The average molecular weight is 488 g/mol. The Kier molecular flexibility index (Phi) is 9.08. The predicted octanol–water partition coefficient (Wildman–Crippen LogP) is 4.19. The largest absolute Gasteiger partial charge is 0.462 e. The highest BCUT2D eigenvalue weighted by atomic mass is 32.2. The standard InChI is InChI=1S/C24H29N3O4S2/c1-4-6-13-25-18(28)15-32-24-26-21-19(16(3)20(33-21)23(30)31-5-2)22(29)27(24)14-12-17-10-8-7-9-11-17/h7-11H,4-6,12-15H2,1-3H3,(H,25,28). The molecule has 0 spiro atoms. The van der Waals surface area contributed by atoms with Crippen LogP contribution in [0.2, 0.25) is 0 Å². The Hall–Kier alpha value is -2.65. The topological polar surface area (TPSA) is 90.3 Å².